The van der Waals surface area contributed by atoms with Crippen LogP contribution in [0.15, 0.2) is 6.07 Å². The lowest BCUT2D eigenvalue weighted by Crippen LogP contribution is -2.26. The second-order valence-corrected chi connectivity index (χ2v) is 5.74. The molecule has 1 atom stereocenters. The van der Waals surface area contributed by atoms with Crippen LogP contribution in [0.25, 0.3) is 0 Å². The van der Waals surface area contributed by atoms with Crippen molar-refractivity contribution in [3.05, 3.63) is 29.3 Å². The third-order valence-electron chi connectivity index (χ3n) is 2.80. The first-order valence-electron chi connectivity index (χ1n) is 5.61. The largest absolute Gasteiger partial charge is 0.308 e. The van der Waals surface area contributed by atoms with Gasteiger partial charge in [-0.3, -0.25) is 9.59 Å². The van der Waals surface area contributed by atoms with Gasteiger partial charge in [-0.1, -0.05) is 11.8 Å². The molecule has 108 valence electrons. The van der Waals surface area contributed by atoms with E-state index in [-0.39, 0.29) is 18.1 Å². The lowest BCUT2D eigenvalue weighted by atomic mass is 10.2. The molecule has 0 spiro atoms. The van der Waals surface area contributed by atoms with Gasteiger partial charge in [0.1, 0.15) is 0 Å². The summed E-state index contributed by atoms with van der Waals surface area (Å²) in [5.41, 5.74) is -0.655. The Bertz CT molecular complexity index is 593. The zero-order valence-corrected chi connectivity index (χ0v) is 11.1. The summed E-state index contributed by atoms with van der Waals surface area (Å²) < 4.78 is 52.8. The van der Waals surface area contributed by atoms with Crippen molar-refractivity contribution in [1.29, 1.82) is 0 Å². The molecule has 8 heteroatoms. The predicted octanol–water partition coefficient (Wildman–Crippen LogP) is 2.63. The van der Waals surface area contributed by atoms with E-state index in [1.54, 1.807) is 0 Å². The summed E-state index contributed by atoms with van der Waals surface area (Å²) in [5.74, 6) is -7.66. The summed E-state index contributed by atoms with van der Waals surface area (Å²) in [4.78, 5) is 23.5. The van der Waals surface area contributed by atoms with Crippen LogP contribution in [-0.2, 0) is 9.59 Å². The van der Waals surface area contributed by atoms with E-state index in [4.69, 9.17) is 0 Å². The van der Waals surface area contributed by atoms with Crippen molar-refractivity contribution >= 4 is 28.5 Å². The standard InChI is InChI=1S/C12H9F4NO2S/c1-5(18)20-6-2-9(19)17(4-6)8-3-7(13)10(14)12(16)11(8)15/h3,6H,2,4H2,1H3. The first-order valence-corrected chi connectivity index (χ1v) is 6.49. The molecule has 1 unspecified atom stereocenters. The summed E-state index contributed by atoms with van der Waals surface area (Å²) in [6, 6.07) is 0.437. The second-order valence-electron chi connectivity index (χ2n) is 4.26. The number of benzene rings is 1. The molecule has 1 heterocycles. The predicted molar refractivity (Wildman–Crippen MR) is 65.3 cm³/mol. The van der Waals surface area contributed by atoms with E-state index in [0.717, 1.165) is 16.7 Å². The number of carbonyl (C=O) groups excluding carboxylic acids is 2. The first-order chi connectivity index (χ1) is 9.31. The van der Waals surface area contributed by atoms with Crippen molar-refractivity contribution in [2.45, 2.75) is 18.6 Å². The van der Waals surface area contributed by atoms with Gasteiger partial charge in [-0.05, 0) is 0 Å². The molecule has 1 fully saturated rings. The monoisotopic (exact) mass is 307 g/mol. The molecular formula is C12H9F4NO2S. The second kappa shape index (κ2) is 5.43. The Balaban J connectivity index is 2.33. The maximum Gasteiger partial charge on any atom is 0.228 e. The van der Waals surface area contributed by atoms with Gasteiger partial charge >= 0.3 is 0 Å². The number of hydrogen-bond donors (Lipinski definition) is 0. The Kier molecular flexibility index (Phi) is 4.03. The Labute approximate surface area is 115 Å². The average Bonchev–Trinajstić information content (AvgIpc) is 2.71. The highest BCUT2D eigenvalue weighted by Crippen LogP contribution is 2.32. The van der Waals surface area contributed by atoms with Gasteiger partial charge in [0.05, 0.1) is 5.69 Å². The molecule has 20 heavy (non-hydrogen) atoms. The van der Waals surface area contributed by atoms with Crippen LogP contribution < -0.4 is 4.90 Å². The molecule has 3 nitrogen and oxygen atoms in total. The van der Waals surface area contributed by atoms with Crippen LogP contribution in [0.5, 0.6) is 0 Å². The van der Waals surface area contributed by atoms with Gasteiger partial charge in [0, 0.05) is 31.2 Å². The number of anilines is 1. The summed E-state index contributed by atoms with van der Waals surface area (Å²) in [7, 11) is 0. The normalized spacial score (nSPS) is 18.8. The number of carbonyl (C=O) groups is 2. The fraction of sp³-hybridized carbons (Fsp3) is 0.333. The van der Waals surface area contributed by atoms with Crippen molar-refractivity contribution < 1.29 is 27.2 Å². The van der Waals surface area contributed by atoms with Crippen LogP contribution in [0, 0.1) is 23.3 Å². The minimum Gasteiger partial charge on any atom is -0.308 e. The molecule has 1 aliphatic rings. The number of rotatable bonds is 2. The van der Waals surface area contributed by atoms with Crippen LogP contribution in [-0.4, -0.2) is 22.8 Å². The van der Waals surface area contributed by atoms with E-state index in [1.807, 2.05) is 0 Å². The van der Waals surface area contributed by atoms with Crippen LogP contribution in [0.2, 0.25) is 0 Å². The minimum atomic E-state index is -1.96. The molecule has 0 aliphatic carbocycles. The van der Waals surface area contributed by atoms with Crippen LogP contribution in [0.1, 0.15) is 13.3 Å². The molecular weight excluding hydrogens is 298 g/mol. The fourth-order valence-corrected chi connectivity index (χ4v) is 2.90. The third kappa shape index (κ3) is 2.65. The molecule has 1 saturated heterocycles. The van der Waals surface area contributed by atoms with E-state index >= 15 is 0 Å². The van der Waals surface area contributed by atoms with Crippen LogP contribution >= 0.6 is 11.8 Å². The smallest absolute Gasteiger partial charge is 0.228 e. The number of halogens is 4. The Morgan fingerprint density at radius 3 is 2.50 bits per heavy atom. The number of thioether (sulfide) groups is 1. The van der Waals surface area contributed by atoms with Crippen molar-refractivity contribution in [3.8, 4) is 0 Å². The zero-order valence-electron chi connectivity index (χ0n) is 10.3. The van der Waals surface area contributed by atoms with Gasteiger partial charge < -0.3 is 4.90 Å². The Morgan fingerprint density at radius 2 is 1.90 bits per heavy atom. The van der Waals surface area contributed by atoms with Crippen molar-refractivity contribution in [3.63, 3.8) is 0 Å². The average molecular weight is 307 g/mol. The fourth-order valence-electron chi connectivity index (χ4n) is 1.98. The van der Waals surface area contributed by atoms with Crippen LogP contribution in [0.3, 0.4) is 0 Å². The molecule has 0 radical (unpaired) electrons. The maximum absolute atomic E-state index is 13.6. The molecule has 1 aromatic carbocycles. The Hall–Kier alpha value is -1.57. The number of nitrogens with zero attached hydrogens (tertiary/aromatic N) is 1. The molecule has 1 aliphatic heterocycles. The van der Waals surface area contributed by atoms with Crippen molar-refractivity contribution in [2.75, 3.05) is 11.4 Å². The van der Waals surface area contributed by atoms with Crippen LogP contribution in [0.4, 0.5) is 23.2 Å². The minimum absolute atomic E-state index is 0.0513. The summed E-state index contributed by atoms with van der Waals surface area (Å²) in [6.45, 7) is 1.25. The molecule has 1 amide bonds. The molecule has 1 aromatic rings. The quantitative estimate of drug-likeness (QED) is 0.479. The highest BCUT2D eigenvalue weighted by molar-refractivity contribution is 8.14. The van der Waals surface area contributed by atoms with E-state index in [9.17, 15) is 27.2 Å². The van der Waals surface area contributed by atoms with Gasteiger partial charge in [-0.2, -0.15) is 0 Å². The number of hydrogen-bond acceptors (Lipinski definition) is 3. The molecule has 0 saturated carbocycles. The SMILES string of the molecule is CC(=O)SC1CC(=O)N(c2cc(F)c(F)c(F)c2F)C1. The lowest BCUT2D eigenvalue weighted by Gasteiger charge is -2.17. The highest BCUT2D eigenvalue weighted by atomic mass is 32.2. The van der Waals surface area contributed by atoms with E-state index in [2.05, 4.69) is 0 Å². The summed E-state index contributed by atoms with van der Waals surface area (Å²) >= 11 is 0.896. The Morgan fingerprint density at radius 1 is 1.25 bits per heavy atom. The van der Waals surface area contributed by atoms with Gasteiger partial charge in [-0.15, -0.1) is 0 Å². The van der Waals surface area contributed by atoms with E-state index in [0.29, 0.717) is 6.07 Å². The van der Waals surface area contributed by atoms with Gasteiger partial charge in [-0.25, -0.2) is 17.6 Å². The van der Waals surface area contributed by atoms with Gasteiger partial charge in [0.2, 0.25) is 5.91 Å². The zero-order chi connectivity index (χ0) is 15.0. The summed E-state index contributed by atoms with van der Waals surface area (Å²) in [5, 5.41) is -0.642. The lowest BCUT2D eigenvalue weighted by molar-refractivity contribution is -0.117. The molecule has 0 aromatic heterocycles. The molecule has 2 rings (SSSR count). The van der Waals surface area contributed by atoms with Crippen molar-refractivity contribution in [2.24, 2.45) is 0 Å². The summed E-state index contributed by atoms with van der Waals surface area (Å²) in [6.07, 6.45) is -0.0513. The molecule has 0 N–H and O–H groups in total. The van der Waals surface area contributed by atoms with Gasteiger partial charge in [0.25, 0.3) is 0 Å². The number of amides is 1. The van der Waals surface area contributed by atoms with Crippen molar-refractivity contribution in [1.82, 2.24) is 0 Å². The van der Waals surface area contributed by atoms with Gasteiger partial charge in [0.15, 0.2) is 28.4 Å². The first kappa shape index (κ1) is 14.8. The highest BCUT2D eigenvalue weighted by Gasteiger charge is 2.35. The third-order valence-corrected chi connectivity index (χ3v) is 3.78. The topological polar surface area (TPSA) is 37.4 Å². The maximum atomic E-state index is 13.6. The molecule has 0 bridgehead atoms. The van der Waals surface area contributed by atoms with E-state index < -0.39 is 40.1 Å². The van der Waals surface area contributed by atoms with E-state index in [1.165, 1.54) is 6.92 Å².